The molecule has 80 valence electrons. The third kappa shape index (κ3) is 2.21. The van der Waals surface area contributed by atoms with E-state index in [1.807, 2.05) is 25.1 Å². The molecule has 4 heteroatoms. The maximum absolute atomic E-state index is 11.3. The van der Waals surface area contributed by atoms with Crippen molar-refractivity contribution >= 4 is 21.8 Å². The minimum atomic E-state index is -0.129. The smallest absolute Gasteiger partial charge is 0.236 e. The summed E-state index contributed by atoms with van der Waals surface area (Å²) in [4.78, 5) is 11.3. The van der Waals surface area contributed by atoms with Gasteiger partial charge in [-0.1, -0.05) is 34.1 Å². The minimum Gasteiger partial charge on any atom is -0.353 e. The zero-order valence-electron chi connectivity index (χ0n) is 8.46. The fourth-order valence-electron chi connectivity index (χ4n) is 1.75. The van der Waals surface area contributed by atoms with Crippen LogP contribution in [0.25, 0.3) is 0 Å². The van der Waals surface area contributed by atoms with Gasteiger partial charge in [0.25, 0.3) is 0 Å². The number of hydrogen-bond donors (Lipinski definition) is 2. The third-order valence-electron chi connectivity index (χ3n) is 2.61. The van der Waals surface area contributed by atoms with Crippen LogP contribution in [0.5, 0.6) is 0 Å². The second kappa shape index (κ2) is 4.33. The first kappa shape index (κ1) is 10.6. The van der Waals surface area contributed by atoms with Gasteiger partial charge < -0.3 is 5.32 Å². The van der Waals surface area contributed by atoms with Gasteiger partial charge in [0.15, 0.2) is 0 Å². The summed E-state index contributed by atoms with van der Waals surface area (Å²) in [6, 6.07) is 8.12. The van der Waals surface area contributed by atoms with Gasteiger partial charge in [0, 0.05) is 11.0 Å². The highest BCUT2D eigenvalue weighted by Gasteiger charge is 2.25. The Hall–Kier alpha value is -0.870. The van der Waals surface area contributed by atoms with Crippen molar-refractivity contribution in [1.82, 2.24) is 10.6 Å². The van der Waals surface area contributed by atoms with Gasteiger partial charge in [-0.3, -0.25) is 10.1 Å². The lowest BCUT2D eigenvalue weighted by atomic mass is 10.0. The van der Waals surface area contributed by atoms with E-state index >= 15 is 0 Å². The quantitative estimate of drug-likeness (QED) is 0.813. The monoisotopic (exact) mass is 268 g/mol. The molecule has 1 saturated heterocycles. The fourth-order valence-corrected chi connectivity index (χ4v) is 2.31. The Labute approximate surface area is 97.4 Å². The second-order valence-corrected chi connectivity index (χ2v) is 4.56. The molecule has 1 aromatic carbocycles. The lowest BCUT2D eigenvalue weighted by Crippen LogP contribution is -2.52. The first-order chi connectivity index (χ1) is 7.18. The summed E-state index contributed by atoms with van der Waals surface area (Å²) in [6.45, 7) is 2.52. The van der Waals surface area contributed by atoms with E-state index < -0.39 is 0 Å². The highest BCUT2D eigenvalue weighted by molar-refractivity contribution is 9.10. The molecule has 2 rings (SSSR count). The van der Waals surface area contributed by atoms with Gasteiger partial charge in [-0.2, -0.15) is 0 Å². The van der Waals surface area contributed by atoms with Gasteiger partial charge in [-0.15, -0.1) is 0 Å². The number of amides is 1. The van der Waals surface area contributed by atoms with Gasteiger partial charge >= 0.3 is 0 Å². The lowest BCUT2D eigenvalue weighted by Gasteiger charge is -2.29. The summed E-state index contributed by atoms with van der Waals surface area (Å²) in [5.74, 6) is 0.0679. The molecule has 1 fully saturated rings. The third-order valence-corrected chi connectivity index (χ3v) is 3.33. The zero-order chi connectivity index (χ0) is 10.8. The summed E-state index contributed by atoms with van der Waals surface area (Å²) >= 11 is 3.51. The maximum Gasteiger partial charge on any atom is 0.236 e. The van der Waals surface area contributed by atoms with Crippen LogP contribution in [0.1, 0.15) is 18.5 Å². The van der Waals surface area contributed by atoms with E-state index in [0.717, 1.165) is 4.47 Å². The van der Waals surface area contributed by atoms with Crippen molar-refractivity contribution in [3.63, 3.8) is 0 Å². The average molecular weight is 269 g/mol. The number of piperazine rings is 1. The van der Waals surface area contributed by atoms with Crippen LogP contribution in [-0.4, -0.2) is 18.5 Å². The summed E-state index contributed by atoms with van der Waals surface area (Å²) in [7, 11) is 0. The molecule has 1 aliphatic rings. The van der Waals surface area contributed by atoms with Crippen LogP contribution < -0.4 is 10.6 Å². The zero-order valence-corrected chi connectivity index (χ0v) is 10.0. The van der Waals surface area contributed by atoms with E-state index in [-0.39, 0.29) is 18.0 Å². The molecule has 0 saturated carbocycles. The molecule has 0 radical (unpaired) electrons. The van der Waals surface area contributed by atoms with E-state index in [4.69, 9.17) is 0 Å². The number of benzene rings is 1. The lowest BCUT2D eigenvalue weighted by molar-refractivity contribution is -0.124. The van der Waals surface area contributed by atoms with Gasteiger partial charge in [-0.05, 0) is 18.6 Å². The molecular formula is C11H13BrN2O. The van der Waals surface area contributed by atoms with Gasteiger partial charge in [0.2, 0.25) is 5.91 Å². The van der Waals surface area contributed by atoms with E-state index in [2.05, 4.69) is 32.6 Å². The number of carbonyl (C=O) groups is 1. The second-order valence-electron chi connectivity index (χ2n) is 3.71. The Bertz CT molecular complexity index is 381. The van der Waals surface area contributed by atoms with E-state index in [9.17, 15) is 4.79 Å². The molecule has 0 bridgehead atoms. The molecule has 2 N–H and O–H groups in total. The SMILES string of the molecule is CC1NC(c2ccccc2Br)CNC1=O. The maximum atomic E-state index is 11.3. The fraction of sp³-hybridized carbons (Fsp3) is 0.364. The van der Waals surface area contributed by atoms with Crippen LogP contribution in [0.2, 0.25) is 0 Å². The molecule has 1 aromatic rings. The van der Waals surface area contributed by atoms with Crippen LogP contribution in [0.15, 0.2) is 28.7 Å². The van der Waals surface area contributed by atoms with Crippen LogP contribution in [-0.2, 0) is 4.79 Å². The predicted octanol–water partition coefficient (Wildman–Crippen LogP) is 1.60. The van der Waals surface area contributed by atoms with Crippen LogP contribution in [0.3, 0.4) is 0 Å². The van der Waals surface area contributed by atoms with Crippen molar-refractivity contribution in [2.75, 3.05) is 6.54 Å². The summed E-state index contributed by atoms with van der Waals surface area (Å²) in [6.07, 6.45) is 0. The van der Waals surface area contributed by atoms with Crippen molar-refractivity contribution in [2.45, 2.75) is 19.0 Å². The number of hydrogen-bond acceptors (Lipinski definition) is 2. The normalized spacial score (nSPS) is 26.1. The van der Waals surface area contributed by atoms with Crippen LogP contribution in [0.4, 0.5) is 0 Å². The first-order valence-corrected chi connectivity index (χ1v) is 5.76. The molecule has 0 spiro atoms. The Balaban J connectivity index is 2.19. The highest BCUT2D eigenvalue weighted by Crippen LogP contribution is 2.24. The molecule has 1 aliphatic heterocycles. The van der Waals surface area contributed by atoms with Crippen molar-refractivity contribution in [3.05, 3.63) is 34.3 Å². The van der Waals surface area contributed by atoms with Gasteiger partial charge in [0.05, 0.1) is 12.1 Å². The van der Waals surface area contributed by atoms with E-state index in [1.165, 1.54) is 5.56 Å². The van der Waals surface area contributed by atoms with Crippen LogP contribution >= 0.6 is 15.9 Å². The van der Waals surface area contributed by atoms with Crippen LogP contribution in [0, 0.1) is 0 Å². The molecular weight excluding hydrogens is 256 g/mol. The topological polar surface area (TPSA) is 41.1 Å². The molecule has 0 aliphatic carbocycles. The molecule has 2 unspecified atom stereocenters. The van der Waals surface area contributed by atoms with Crippen molar-refractivity contribution in [1.29, 1.82) is 0 Å². The molecule has 1 heterocycles. The van der Waals surface area contributed by atoms with Gasteiger partial charge in [0.1, 0.15) is 0 Å². The van der Waals surface area contributed by atoms with Gasteiger partial charge in [-0.25, -0.2) is 0 Å². The number of halogens is 1. The highest BCUT2D eigenvalue weighted by atomic mass is 79.9. The summed E-state index contributed by atoms with van der Waals surface area (Å²) in [5.41, 5.74) is 1.18. The Morgan fingerprint density at radius 2 is 2.13 bits per heavy atom. The number of nitrogens with one attached hydrogen (secondary N) is 2. The number of carbonyl (C=O) groups excluding carboxylic acids is 1. The van der Waals surface area contributed by atoms with Crippen molar-refractivity contribution in [2.24, 2.45) is 0 Å². The largest absolute Gasteiger partial charge is 0.353 e. The molecule has 2 atom stereocenters. The summed E-state index contributed by atoms with van der Waals surface area (Å²) in [5, 5.41) is 6.17. The van der Waals surface area contributed by atoms with E-state index in [0.29, 0.717) is 6.54 Å². The predicted molar refractivity (Wildman–Crippen MR) is 62.5 cm³/mol. The summed E-state index contributed by atoms with van der Waals surface area (Å²) < 4.78 is 1.07. The Kier molecular flexibility index (Phi) is 3.07. The molecule has 1 amide bonds. The average Bonchev–Trinajstić information content (AvgIpc) is 2.23. The standard InChI is InChI=1S/C11H13BrN2O/c1-7-11(15)13-6-10(14-7)8-4-2-3-5-9(8)12/h2-5,7,10,14H,6H2,1H3,(H,13,15). The first-order valence-electron chi connectivity index (χ1n) is 4.96. The Morgan fingerprint density at radius 1 is 1.40 bits per heavy atom. The molecule has 15 heavy (non-hydrogen) atoms. The minimum absolute atomic E-state index is 0.0679. The van der Waals surface area contributed by atoms with E-state index in [1.54, 1.807) is 0 Å². The van der Waals surface area contributed by atoms with Crippen molar-refractivity contribution < 1.29 is 4.79 Å². The van der Waals surface area contributed by atoms with Crippen molar-refractivity contribution in [3.8, 4) is 0 Å². The Morgan fingerprint density at radius 3 is 2.80 bits per heavy atom. The number of rotatable bonds is 1. The molecule has 3 nitrogen and oxygen atoms in total. The molecule has 0 aromatic heterocycles.